The minimum Gasteiger partial charge on any atom is -0.274 e. The molecular weight excluding hydrogens is 379 g/mol. The van der Waals surface area contributed by atoms with Crippen LogP contribution in [0.5, 0.6) is 0 Å². The molecule has 0 saturated heterocycles. The van der Waals surface area contributed by atoms with Crippen LogP contribution in [0.15, 0.2) is 48.8 Å². The number of benzene rings is 2. The Hall–Kier alpha value is -3.68. The molecule has 0 spiro atoms. The van der Waals surface area contributed by atoms with Crippen LogP contribution in [0.1, 0.15) is 5.56 Å². The normalized spacial score (nSPS) is 11.6. The molecule has 0 aliphatic carbocycles. The van der Waals surface area contributed by atoms with E-state index in [1.165, 1.54) is 16.9 Å². The Kier molecular flexibility index (Phi) is 3.70. The van der Waals surface area contributed by atoms with Crippen molar-refractivity contribution in [2.45, 2.75) is 6.92 Å². The predicted molar refractivity (Wildman–Crippen MR) is 103 cm³/mol. The highest BCUT2D eigenvalue weighted by Crippen LogP contribution is 2.37. The Morgan fingerprint density at radius 1 is 0.931 bits per heavy atom. The maximum Gasteiger partial charge on any atom is 0.212 e. The van der Waals surface area contributed by atoms with Crippen LogP contribution in [0.25, 0.3) is 38.8 Å². The molecule has 0 bridgehead atoms. The molecule has 0 atom stereocenters. The molecule has 8 heteroatoms. The maximum absolute atomic E-state index is 15.0. The standard InChI is InChI=1S/C21H14F3N5/c1-11-4-3-5-13-20(27-29(21(11)13)12-6-7-17(24)25-9-12)18-14-10-28(2)26-19(14)16(23)8-15(18)22/h3-10H,1-2H3. The van der Waals surface area contributed by atoms with Gasteiger partial charge in [0.05, 0.1) is 17.4 Å². The number of para-hydroxylation sites is 1. The molecule has 0 amide bonds. The number of hydrogen-bond donors (Lipinski definition) is 0. The van der Waals surface area contributed by atoms with Gasteiger partial charge in [-0.3, -0.25) is 4.68 Å². The van der Waals surface area contributed by atoms with E-state index in [4.69, 9.17) is 0 Å². The highest BCUT2D eigenvalue weighted by molar-refractivity contribution is 6.04. The van der Waals surface area contributed by atoms with Crippen molar-refractivity contribution in [2.75, 3.05) is 0 Å². The van der Waals surface area contributed by atoms with Gasteiger partial charge in [-0.2, -0.15) is 14.6 Å². The van der Waals surface area contributed by atoms with E-state index in [0.29, 0.717) is 22.2 Å². The van der Waals surface area contributed by atoms with Crippen molar-refractivity contribution in [1.82, 2.24) is 24.5 Å². The number of nitrogens with zero attached hydrogens (tertiary/aromatic N) is 5. The van der Waals surface area contributed by atoms with Crippen LogP contribution < -0.4 is 0 Å². The molecule has 0 aliphatic heterocycles. The van der Waals surface area contributed by atoms with E-state index in [2.05, 4.69) is 15.2 Å². The quantitative estimate of drug-likeness (QED) is 0.409. The van der Waals surface area contributed by atoms with E-state index >= 15 is 0 Å². The van der Waals surface area contributed by atoms with Gasteiger partial charge >= 0.3 is 0 Å². The summed E-state index contributed by atoms with van der Waals surface area (Å²) in [6, 6.07) is 9.18. The van der Waals surface area contributed by atoms with Gasteiger partial charge < -0.3 is 0 Å². The van der Waals surface area contributed by atoms with Gasteiger partial charge in [-0.1, -0.05) is 18.2 Å². The van der Waals surface area contributed by atoms with Crippen molar-refractivity contribution in [3.63, 3.8) is 0 Å². The second kappa shape index (κ2) is 6.16. The van der Waals surface area contributed by atoms with Gasteiger partial charge in [0.15, 0.2) is 5.82 Å². The highest BCUT2D eigenvalue weighted by atomic mass is 19.1. The molecule has 0 saturated carbocycles. The lowest BCUT2D eigenvalue weighted by Gasteiger charge is -2.04. The number of rotatable bonds is 2. The molecule has 5 aromatic rings. The molecule has 0 radical (unpaired) electrons. The van der Waals surface area contributed by atoms with Gasteiger partial charge in [-0.05, 0) is 24.6 Å². The molecule has 0 unspecified atom stereocenters. The van der Waals surface area contributed by atoms with Gasteiger partial charge in [-0.15, -0.1) is 0 Å². The summed E-state index contributed by atoms with van der Waals surface area (Å²) in [6.07, 6.45) is 2.93. The van der Waals surface area contributed by atoms with E-state index in [0.717, 1.165) is 17.1 Å². The Balaban J connectivity index is 1.90. The zero-order chi connectivity index (χ0) is 20.3. The van der Waals surface area contributed by atoms with E-state index in [1.54, 1.807) is 24.0 Å². The smallest absolute Gasteiger partial charge is 0.212 e. The molecule has 3 heterocycles. The summed E-state index contributed by atoms with van der Waals surface area (Å²) in [5.74, 6) is -2.07. The fourth-order valence-electron chi connectivity index (χ4n) is 3.67. The van der Waals surface area contributed by atoms with Crippen LogP contribution >= 0.6 is 0 Å². The average Bonchev–Trinajstić information content (AvgIpc) is 3.25. The minimum atomic E-state index is -0.732. The van der Waals surface area contributed by atoms with Crippen molar-refractivity contribution in [2.24, 2.45) is 7.05 Å². The first-order chi connectivity index (χ1) is 13.9. The Labute approximate surface area is 163 Å². The molecule has 29 heavy (non-hydrogen) atoms. The van der Waals surface area contributed by atoms with Crippen LogP contribution in [-0.2, 0) is 7.05 Å². The van der Waals surface area contributed by atoms with Crippen molar-refractivity contribution >= 4 is 21.8 Å². The van der Waals surface area contributed by atoms with Crippen LogP contribution in [0.3, 0.4) is 0 Å². The molecule has 0 fully saturated rings. The Morgan fingerprint density at radius 2 is 1.76 bits per heavy atom. The third-order valence-electron chi connectivity index (χ3n) is 4.91. The minimum absolute atomic E-state index is 0.0719. The predicted octanol–water partition coefficient (Wildman–Crippen LogP) is 4.70. The zero-order valence-corrected chi connectivity index (χ0v) is 15.5. The van der Waals surface area contributed by atoms with Crippen molar-refractivity contribution in [3.05, 3.63) is 71.9 Å². The fourth-order valence-corrected chi connectivity index (χ4v) is 3.67. The van der Waals surface area contributed by atoms with Crippen LogP contribution in [-0.4, -0.2) is 24.5 Å². The largest absolute Gasteiger partial charge is 0.274 e. The summed E-state index contributed by atoms with van der Waals surface area (Å²) in [4.78, 5) is 3.69. The van der Waals surface area contributed by atoms with Gasteiger partial charge in [0.25, 0.3) is 0 Å². The first-order valence-corrected chi connectivity index (χ1v) is 8.86. The van der Waals surface area contributed by atoms with Crippen LogP contribution in [0.2, 0.25) is 0 Å². The first kappa shape index (κ1) is 17.4. The molecule has 5 nitrogen and oxygen atoms in total. The lowest BCUT2D eigenvalue weighted by Crippen LogP contribution is -1.99. The summed E-state index contributed by atoms with van der Waals surface area (Å²) in [6.45, 7) is 1.90. The van der Waals surface area contributed by atoms with Crippen LogP contribution in [0.4, 0.5) is 13.2 Å². The number of aryl methyl sites for hydroxylation is 2. The van der Waals surface area contributed by atoms with Crippen molar-refractivity contribution < 1.29 is 13.2 Å². The maximum atomic E-state index is 15.0. The van der Waals surface area contributed by atoms with Crippen molar-refractivity contribution in [1.29, 1.82) is 0 Å². The van der Waals surface area contributed by atoms with E-state index in [1.807, 2.05) is 25.1 Å². The van der Waals surface area contributed by atoms with Gasteiger partial charge in [0.1, 0.15) is 17.0 Å². The molecular formula is C21H14F3N5. The average molecular weight is 393 g/mol. The van der Waals surface area contributed by atoms with E-state index < -0.39 is 17.6 Å². The SMILES string of the molecule is Cc1cccc2c(-c3c(F)cc(F)c4nn(C)cc34)nn(-c3ccc(F)nc3)c12. The third-order valence-corrected chi connectivity index (χ3v) is 4.91. The molecule has 144 valence electrons. The van der Waals surface area contributed by atoms with Gasteiger partial charge in [0.2, 0.25) is 5.95 Å². The van der Waals surface area contributed by atoms with E-state index in [-0.39, 0.29) is 11.1 Å². The summed E-state index contributed by atoms with van der Waals surface area (Å²) >= 11 is 0. The summed E-state index contributed by atoms with van der Waals surface area (Å²) in [7, 11) is 1.65. The van der Waals surface area contributed by atoms with Gasteiger partial charge in [-0.25, -0.2) is 18.4 Å². The lowest BCUT2D eigenvalue weighted by molar-refractivity contribution is 0.582. The van der Waals surface area contributed by atoms with Gasteiger partial charge in [0, 0.05) is 35.6 Å². The summed E-state index contributed by atoms with van der Waals surface area (Å²) < 4.78 is 45.6. The third kappa shape index (κ3) is 2.60. The number of pyridine rings is 1. The second-order valence-electron chi connectivity index (χ2n) is 6.85. The molecule has 5 rings (SSSR count). The summed E-state index contributed by atoms with van der Waals surface area (Å²) in [5.41, 5.74) is 2.75. The molecule has 3 aromatic heterocycles. The number of halogens is 3. The Morgan fingerprint density at radius 3 is 2.52 bits per heavy atom. The van der Waals surface area contributed by atoms with E-state index in [9.17, 15) is 13.2 Å². The number of hydrogen-bond acceptors (Lipinski definition) is 3. The van der Waals surface area contributed by atoms with Crippen molar-refractivity contribution in [3.8, 4) is 16.9 Å². The zero-order valence-electron chi connectivity index (χ0n) is 15.5. The fraction of sp³-hybridized carbons (Fsp3) is 0.0952. The lowest BCUT2D eigenvalue weighted by atomic mass is 10.0. The summed E-state index contributed by atoms with van der Waals surface area (Å²) in [5, 5.41) is 9.74. The number of aromatic nitrogens is 5. The molecule has 0 aliphatic rings. The second-order valence-corrected chi connectivity index (χ2v) is 6.85. The molecule has 2 aromatic carbocycles. The number of fused-ring (bicyclic) bond motifs is 2. The first-order valence-electron chi connectivity index (χ1n) is 8.86. The Bertz CT molecular complexity index is 1400. The van der Waals surface area contributed by atoms with Crippen LogP contribution in [0, 0.1) is 24.5 Å². The highest BCUT2D eigenvalue weighted by Gasteiger charge is 2.23. The monoisotopic (exact) mass is 393 g/mol. The topological polar surface area (TPSA) is 48.5 Å². The molecule has 0 N–H and O–H groups in total.